The molecule has 0 atom stereocenters. The zero-order valence-electron chi connectivity index (χ0n) is 11.7. The van der Waals surface area contributed by atoms with Gasteiger partial charge in [-0.2, -0.15) is 5.10 Å². The molecular weight excluding hydrogens is 226 g/mol. The van der Waals surface area contributed by atoms with Crippen molar-refractivity contribution in [3.8, 4) is 0 Å². The molecule has 1 N–H and O–H groups in total. The van der Waals surface area contributed by atoms with Gasteiger partial charge in [-0.05, 0) is 6.92 Å². The van der Waals surface area contributed by atoms with E-state index in [9.17, 15) is 0 Å². The van der Waals surface area contributed by atoms with Crippen molar-refractivity contribution in [3.05, 3.63) is 29.5 Å². The molecule has 0 bridgehead atoms. The number of rotatable bonds is 4. The van der Waals surface area contributed by atoms with Crippen molar-refractivity contribution in [1.82, 2.24) is 19.3 Å². The van der Waals surface area contributed by atoms with Crippen LogP contribution in [0.5, 0.6) is 0 Å². The van der Waals surface area contributed by atoms with Crippen LogP contribution < -0.4 is 5.32 Å². The highest BCUT2D eigenvalue weighted by Gasteiger charge is 2.15. The van der Waals surface area contributed by atoms with E-state index in [0.29, 0.717) is 5.92 Å². The fourth-order valence-corrected chi connectivity index (χ4v) is 2.33. The van der Waals surface area contributed by atoms with Crippen molar-refractivity contribution in [2.45, 2.75) is 33.2 Å². The highest BCUT2D eigenvalue weighted by atomic mass is 15.3. The molecule has 0 radical (unpaired) electrons. The minimum Gasteiger partial charge on any atom is -0.373 e. The largest absolute Gasteiger partial charge is 0.373 e. The van der Waals surface area contributed by atoms with Crippen LogP contribution in [0, 0.1) is 6.92 Å². The van der Waals surface area contributed by atoms with Crippen molar-refractivity contribution >= 4 is 5.82 Å². The van der Waals surface area contributed by atoms with Crippen molar-refractivity contribution in [2.24, 2.45) is 7.05 Å². The summed E-state index contributed by atoms with van der Waals surface area (Å²) in [4.78, 5) is 4.42. The van der Waals surface area contributed by atoms with Crippen molar-refractivity contribution in [1.29, 1.82) is 0 Å². The molecule has 98 valence electrons. The zero-order valence-corrected chi connectivity index (χ0v) is 11.7. The average molecular weight is 247 g/mol. The molecule has 0 aromatic carbocycles. The lowest BCUT2D eigenvalue weighted by Crippen LogP contribution is -2.08. The minimum atomic E-state index is 0.426. The summed E-state index contributed by atoms with van der Waals surface area (Å²) < 4.78 is 4.08. The quantitative estimate of drug-likeness (QED) is 0.900. The maximum absolute atomic E-state index is 4.46. The summed E-state index contributed by atoms with van der Waals surface area (Å²) in [5.74, 6) is 2.60. The maximum Gasteiger partial charge on any atom is 0.128 e. The number of aryl methyl sites for hydroxylation is 2. The van der Waals surface area contributed by atoms with E-state index in [-0.39, 0.29) is 0 Å². The number of anilines is 1. The molecule has 0 aliphatic heterocycles. The van der Waals surface area contributed by atoms with E-state index >= 15 is 0 Å². The van der Waals surface area contributed by atoms with Crippen LogP contribution in [0.4, 0.5) is 5.82 Å². The van der Waals surface area contributed by atoms with Gasteiger partial charge in [0.2, 0.25) is 0 Å². The molecule has 5 heteroatoms. The molecule has 0 aliphatic carbocycles. The Balaban J connectivity index is 2.37. The molecule has 5 nitrogen and oxygen atoms in total. The number of nitrogens with zero attached hydrogens (tertiary/aromatic N) is 4. The normalized spacial score (nSPS) is 11.2. The Kier molecular flexibility index (Phi) is 3.41. The molecule has 0 unspecified atom stereocenters. The van der Waals surface area contributed by atoms with Gasteiger partial charge < -0.3 is 9.88 Å². The minimum absolute atomic E-state index is 0.426. The van der Waals surface area contributed by atoms with Crippen LogP contribution in [0.15, 0.2) is 12.4 Å². The summed E-state index contributed by atoms with van der Waals surface area (Å²) in [5, 5.41) is 7.67. The first-order valence-electron chi connectivity index (χ1n) is 6.25. The predicted molar refractivity (Wildman–Crippen MR) is 72.9 cm³/mol. The molecule has 0 spiro atoms. The molecule has 0 aliphatic rings. The third kappa shape index (κ3) is 2.12. The Morgan fingerprint density at radius 2 is 2.11 bits per heavy atom. The van der Waals surface area contributed by atoms with Gasteiger partial charge in [0.15, 0.2) is 0 Å². The van der Waals surface area contributed by atoms with Gasteiger partial charge in [0.1, 0.15) is 11.6 Å². The summed E-state index contributed by atoms with van der Waals surface area (Å²) >= 11 is 0. The molecule has 18 heavy (non-hydrogen) atoms. The van der Waals surface area contributed by atoms with Crippen molar-refractivity contribution in [3.63, 3.8) is 0 Å². The van der Waals surface area contributed by atoms with Gasteiger partial charge in [-0.1, -0.05) is 13.8 Å². The lowest BCUT2D eigenvalue weighted by molar-refractivity contribution is 0.668. The number of hydrogen-bond acceptors (Lipinski definition) is 3. The SMILES string of the molecule is CNc1c(Cn2ccnc2C(C)C)c(C)nn1C. The van der Waals surface area contributed by atoms with E-state index < -0.39 is 0 Å². The fourth-order valence-electron chi connectivity index (χ4n) is 2.33. The molecule has 2 aromatic rings. The smallest absolute Gasteiger partial charge is 0.128 e. The first-order chi connectivity index (χ1) is 8.54. The standard InChI is InChI=1S/C13H21N5/c1-9(2)12-15-6-7-18(12)8-11-10(3)16-17(5)13(11)14-4/h6-7,9,14H,8H2,1-5H3. The van der Waals surface area contributed by atoms with E-state index in [1.165, 1.54) is 5.56 Å². The average Bonchev–Trinajstić information content (AvgIpc) is 2.85. The number of nitrogens with one attached hydrogen (secondary N) is 1. The Labute approximate surface area is 108 Å². The first-order valence-corrected chi connectivity index (χ1v) is 6.25. The molecular formula is C13H21N5. The van der Waals surface area contributed by atoms with Crippen LogP contribution in [-0.2, 0) is 13.6 Å². The van der Waals surface area contributed by atoms with Crippen molar-refractivity contribution in [2.75, 3.05) is 12.4 Å². The summed E-state index contributed by atoms with van der Waals surface area (Å²) in [6, 6.07) is 0. The van der Waals surface area contributed by atoms with Crippen LogP contribution in [0.3, 0.4) is 0 Å². The van der Waals surface area contributed by atoms with Crippen LogP contribution in [0.2, 0.25) is 0 Å². The zero-order chi connectivity index (χ0) is 13.3. The van der Waals surface area contributed by atoms with E-state index in [2.05, 4.69) is 33.8 Å². The molecule has 0 amide bonds. The summed E-state index contributed by atoms with van der Waals surface area (Å²) in [6.07, 6.45) is 3.89. The topological polar surface area (TPSA) is 47.7 Å². The van der Waals surface area contributed by atoms with Gasteiger partial charge in [0.25, 0.3) is 0 Å². The van der Waals surface area contributed by atoms with Gasteiger partial charge in [-0.25, -0.2) is 4.98 Å². The van der Waals surface area contributed by atoms with Crippen LogP contribution >= 0.6 is 0 Å². The van der Waals surface area contributed by atoms with Crippen LogP contribution in [0.25, 0.3) is 0 Å². The third-order valence-corrected chi connectivity index (χ3v) is 3.18. The second-order valence-corrected chi connectivity index (χ2v) is 4.85. The van der Waals surface area contributed by atoms with Gasteiger partial charge in [-0.15, -0.1) is 0 Å². The second kappa shape index (κ2) is 4.84. The second-order valence-electron chi connectivity index (χ2n) is 4.85. The lowest BCUT2D eigenvalue weighted by atomic mass is 10.2. The van der Waals surface area contributed by atoms with Gasteiger partial charge >= 0.3 is 0 Å². The van der Waals surface area contributed by atoms with Crippen molar-refractivity contribution < 1.29 is 0 Å². The van der Waals surface area contributed by atoms with Gasteiger partial charge in [0, 0.05) is 38.0 Å². The maximum atomic E-state index is 4.46. The Hall–Kier alpha value is -1.78. The predicted octanol–water partition coefficient (Wildman–Crippen LogP) is 2.14. The molecule has 2 heterocycles. The Morgan fingerprint density at radius 3 is 2.72 bits per heavy atom. The molecule has 0 fully saturated rings. The van der Waals surface area contributed by atoms with Gasteiger partial charge in [-0.3, -0.25) is 4.68 Å². The van der Waals surface area contributed by atoms with Gasteiger partial charge in [0.05, 0.1) is 12.2 Å². The molecule has 0 saturated heterocycles. The number of imidazole rings is 1. The van der Waals surface area contributed by atoms with E-state index in [1.54, 1.807) is 0 Å². The highest BCUT2D eigenvalue weighted by molar-refractivity contribution is 5.47. The third-order valence-electron chi connectivity index (χ3n) is 3.18. The Morgan fingerprint density at radius 1 is 1.39 bits per heavy atom. The highest BCUT2D eigenvalue weighted by Crippen LogP contribution is 2.21. The Bertz CT molecular complexity index is 536. The van der Waals surface area contributed by atoms with Crippen LogP contribution in [0.1, 0.15) is 36.8 Å². The first kappa shape index (κ1) is 12.7. The fraction of sp³-hybridized carbons (Fsp3) is 0.538. The summed E-state index contributed by atoms with van der Waals surface area (Å²) in [7, 11) is 3.89. The number of hydrogen-bond donors (Lipinski definition) is 1. The monoisotopic (exact) mass is 247 g/mol. The van der Waals surface area contributed by atoms with E-state index in [0.717, 1.165) is 23.9 Å². The lowest BCUT2D eigenvalue weighted by Gasteiger charge is -2.11. The van der Waals surface area contributed by atoms with Crippen LogP contribution in [-0.4, -0.2) is 26.4 Å². The summed E-state index contributed by atoms with van der Waals surface area (Å²) in [5.41, 5.74) is 2.28. The van der Waals surface area contributed by atoms with E-state index in [1.807, 2.05) is 38.1 Å². The molecule has 2 rings (SSSR count). The summed E-state index contributed by atoms with van der Waals surface area (Å²) in [6.45, 7) is 7.17. The van der Waals surface area contributed by atoms with E-state index in [4.69, 9.17) is 0 Å². The number of aromatic nitrogens is 4. The molecule has 2 aromatic heterocycles. The molecule has 0 saturated carbocycles.